The number of benzene rings is 2. The monoisotopic (exact) mass is 407 g/mol. The second kappa shape index (κ2) is 10.1. The number of hydrogen-bond donors (Lipinski definition) is 1. The highest BCUT2D eigenvalue weighted by Crippen LogP contribution is 2.48. The Bertz CT molecular complexity index is 763. The molecule has 1 heterocycles. The van der Waals surface area contributed by atoms with E-state index < -0.39 is 5.60 Å². The van der Waals surface area contributed by atoms with Gasteiger partial charge in [-0.1, -0.05) is 80.8 Å². The maximum atomic E-state index is 12.7. The summed E-state index contributed by atoms with van der Waals surface area (Å²) >= 11 is 0. The van der Waals surface area contributed by atoms with Crippen molar-refractivity contribution >= 4 is 0 Å². The molecule has 3 heteroatoms. The summed E-state index contributed by atoms with van der Waals surface area (Å²) < 4.78 is 5.59. The van der Waals surface area contributed by atoms with Crippen LogP contribution in [0.2, 0.25) is 0 Å². The lowest BCUT2D eigenvalue weighted by molar-refractivity contribution is -0.0758. The maximum absolute atomic E-state index is 12.7. The molecular weight excluding hydrogens is 370 g/mol. The molecule has 1 N–H and O–H groups in total. The molecule has 0 amide bonds. The molecule has 2 aromatic carbocycles. The third-order valence-corrected chi connectivity index (χ3v) is 7.33. The van der Waals surface area contributed by atoms with Crippen LogP contribution in [0.3, 0.4) is 0 Å². The first kappa shape index (κ1) is 21.5. The molecule has 2 aliphatic rings. The van der Waals surface area contributed by atoms with Crippen LogP contribution in [0.25, 0.3) is 0 Å². The first-order valence-corrected chi connectivity index (χ1v) is 11.9. The van der Waals surface area contributed by atoms with Gasteiger partial charge in [0.25, 0.3) is 0 Å². The fraction of sp³-hybridized carbons (Fsp3) is 0.556. The Morgan fingerprint density at radius 3 is 2.27 bits per heavy atom. The molecule has 0 unspecified atom stereocenters. The van der Waals surface area contributed by atoms with Gasteiger partial charge in [-0.15, -0.1) is 0 Å². The average molecular weight is 408 g/mol. The van der Waals surface area contributed by atoms with Crippen molar-refractivity contribution < 1.29 is 9.84 Å². The van der Waals surface area contributed by atoms with Gasteiger partial charge in [-0.2, -0.15) is 0 Å². The fourth-order valence-electron chi connectivity index (χ4n) is 5.50. The van der Waals surface area contributed by atoms with Gasteiger partial charge in [0.05, 0.1) is 13.2 Å². The van der Waals surface area contributed by atoms with E-state index in [1.165, 1.54) is 30.4 Å². The normalized spacial score (nSPS) is 21.8. The fourth-order valence-corrected chi connectivity index (χ4v) is 5.50. The van der Waals surface area contributed by atoms with Gasteiger partial charge in [0.15, 0.2) is 0 Å². The first-order valence-electron chi connectivity index (χ1n) is 11.9. The van der Waals surface area contributed by atoms with Crippen LogP contribution in [-0.2, 0) is 16.8 Å². The number of morpholine rings is 1. The van der Waals surface area contributed by atoms with E-state index in [4.69, 9.17) is 4.74 Å². The molecule has 0 bridgehead atoms. The van der Waals surface area contributed by atoms with E-state index >= 15 is 0 Å². The topological polar surface area (TPSA) is 32.7 Å². The number of rotatable bonds is 7. The van der Waals surface area contributed by atoms with Crippen molar-refractivity contribution in [3.8, 4) is 0 Å². The second-order valence-electron chi connectivity index (χ2n) is 9.09. The summed E-state index contributed by atoms with van der Waals surface area (Å²) in [5.74, 6) is 0.345. The zero-order chi connectivity index (χ0) is 20.8. The first-order chi connectivity index (χ1) is 14.7. The van der Waals surface area contributed by atoms with Crippen molar-refractivity contribution in [2.24, 2.45) is 5.92 Å². The van der Waals surface area contributed by atoms with E-state index in [2.05, 4.69) is 66.4 Å². The summed E-state index contributed by atoms with van der Waals surface area (Å²) in [5, 5.41) is 12.7. The zero-order valence-corrected chi connectivity index (χ0v) is 18.4. The molecule has 1 saturated carbocycles. The molecule has 2 aromatic rings. The van der Waals surface area contributed by atoms with E-state index in [9.17, 15) is 5.11 Å². The summed E-state index contributed by atoms with van der Waals surface area (Å²) in [6, 6.07) is 19.5. The Balaban J connectivity index is 1.76. The van der Waals surface area contributed by atoms with Crippen LogP contribution in [0.4, 0.5) is 0 Å². The largest absolute Gasteiger partial charge is 0.384 e. The van der Waals surface area contributed by atoms with Crippen LogP contribution < -0.4 is 0 Å². The van der Waals surface area contributed by atoms with Gasteiger partial charge < -0.3 is 9.84 Å². The Kier molecular flexibility index (Phi) is 7.24. The van der Waals surface area contributed by atoms with Gasteiger partial charge in [0.2, 0.25) is 0 Å². The lowest BCUT2D eigenvalue weighted by Crippen LogP contribution is -2.48. The minimum Gasteiger partial charge on any atom is -0.384 e. The smallest absolute Gasteiger partial charge is 0.100 e. The van der Waals surface area contributed by atoms with Gasteiger partial charge in [0, 0.05) is 25.6 Å². The molecule has 1 saturated heterocycles. The van der Waals surface area contributed by atoms with E-state index in [0.717, 1.165) is 57.7 Å². The van der Waals surface area contributed by atoms with Crippen LogP contribution in [0.5, 0.6) is 0 Å². The Morgan fingerprint density at radius 1 is 0.967 bits per heavy atom. The van der Waals surface area contributed by atoms with E-state index in [0.29, 0.717) is 5.92 Å². The number of hydrogen-bond acceptors (Lipinski definition) is 3. The van der Waals surface area contributed by atoms with Crippen molar-refractivity contribution in [1.82, 2.24) is 4.90 Å². The summed E-state index contributed by atoms with van der Waals surface area (Å²) in [5.41, 5.74) is 2.81. The minimum atomic E-state index is -0.855. The molecule has 4 rings (SSSR count). The van der Waals surface area contributed by atoms with Crippen molar-refractivity contribution in [1.29, 1.82) is 0 Å². The molecule has 0 aromatic heterocycles. The summed E-state index contributed by atoms with van der Waals surface area (Å²) in [6.45, 7) is 6.52. The molecule has 2 atom stereocenters. The van der Waals surface area contributed by atoms with E-state index in [1.54, 1.807) is 0 Å². The van der Waals surface area contributed by atoms with Gasteiger partial charge in [0.1, 0.15) is 5.60 Å². The van der Waals surface area contributed by atoms with E-state index in [1.807, 2.05) is 0 Å². The van der Waals surface area contributed by atoms with Crippen molar-refractivity contribution in [3.05, 3.63) is 71.3 Å². The van der Waals surface area contributed by atoms with E-state index in [-0.39, 0.29) is 5.92 Å². The van der Waals surface area contributed by atoms with Crippen LogP contribution in [0.1, 0.15) is 61.6 Å². The molecule has 0 radical (unpaired) electrons. The number of aliphatic hydroxyl groups is 1. The molecule has 2 fully saturated rings. The zero-order valence-electron chi connectivity index (χ0n) is 18.4. The highest BCUT2D eigenvalue weighted by Gasteiger charge is 2.46. The summed E-state index contributed by atoms with van der Waals surface area (Å²) in [4.78, 5) is 2.48. The SMILES string of the molecule is CCc1ccc([C@@](O)(C2CCCCC2)[C@@H](CN2CCOCC2)c2ccccc2)cc1. The van der Waals surface area contributed by atoms with Crippen LogP contribution in [-0.4, -0.2) is 42.9 Å². The number of ether oxygens (including phenoxy) is 1. The third kappa shape index (κ3) is 4.64. The quantitative estimate of drug-likeness (QED) is 0.690. The van der Waals surface area contributed by atoms with Crippen molar-refractivity contribution in [2.75, 3.05) is 32.8 Å². The number of aryl methyl sites for hydroxylation is 1. The lowest BCUT2D eigenvalue weighted by Gasteiger charge is -2.46. The summed E-state index contributed by atoms with van der Waals surface area (Å²) in [6.07, 6.45) is 6.98. The molecule has 162 valence electrons. The van der Waals surface area contributed by atoms with Crippen LogP contribution >= 0.6 is 0 Å². The Labute approximate surface area is 182 Å². The molecule has 30 heavy (non-hydrogen) atoms. The molecule has 1 aliphatic carbocycles. The van der Waals surface area contributed by atoms with Gasteiger partial charge in [-0.25, -0.2) is 0 Å². The minimum absolute atomic E-state index is 0.0485. The Morgan fingerprint density at radius 2 is 1.63 bits per heavy atom. The highest BCUT2D eigenvalue weighted by molar-refractivity contribution is 5.35. The van der Waals surface area contributed by atoms with Crippen molar-refractivity contribution in [3.63, 3.8) is 0 Å². The predicted octanol–water partition coefficient (Wildman–Crippen LogP) is 5.13. The predicted molar refractivity (Wildman–Crippen MR) is 123 cm³/mol. The summed E-state index contributed by atoms with van der Waals surface area (Å²) in [7, 11) is 0. The van der Waals surface area contributed by atoms with Crippen molar-refractivity contribution in [2.45, 2.75) is 57.0 Å². The second-order valence-corrected chi connectivity index (χ2v) is 9.09. The number of nitrogens with zero attached hydrogens (tertiary/aromatic N) is 1. The van der Waals surface area contributed by atoms with Gasteiger partial charge >= 0.3 is 0 Å². The lowest BCUT2D eigenvalue weighted by atomic mass is 9.65. The molecule has 1 aliphatic heterocycles. The molecular formula is C27H37NO2. The Hall–Kier alpha value is -1.68. The standard InChI is InChI=1S/C27H37NO2/c1-2-22-13-15-25(16-14-22)27(29,24-11-7-4-8-12-24)26(23-9-5-3-6-10-23)21-28-17-19-30-20-18-28/h3,5-6,9-10,13-16,24,26,29H,2,4,7-8,11-12,17-21H2,1H3/t26-,27-/m0/s1. The maximum Gasteiger partial charge on any atom is 0.100 e. The van der Waals surface area contributed by atoms with Gasteiger partial charge in [-0.3, -0.25) is 4.90 Å². The third-order valence-electron chi connectivity index (χ3n) is 7.33. The molecule has 0 spiro atoms. The molecule has 3 nitrogen and oxygen atoms in total. The van der Waals surface area contributed by atoms with Gasteiger partial charge in [-0.05, 0) is 41.9 Å². The van der Waals surface area contributed by atoms with Crippen LogP contribution in [0.15, 0.2) is 54.6 Å². The highest BCUT2D eigenvalue weighted by atomic mass is 16.5. The van der Waals surface area contributed by atoms with Crippen LogP contribution in [0, 0.1) is 5.92 Å². The average Bonchev–Trinajstić information content (AvgIpc) is 2.84.